The fourth-order valence-electron chi connectivity index (χ4n) is 1.52. The molecule has 1 aromatic carbocycles. The Kier molecular flexibility index (Phi) is 2.74. The van der Waals surface area contributed by atoms with Gasteiger partial charge in [0.15, 0.2) is 11.6 Å². The Hall–Kier alpha value is -2.44. The van der Waals surface area contributed by atoms with Crippen LogP contribution in [0.5, 0.6) is 0 Å². The van der Waals surface area contributed by atoms with Crippen molar-refractivity contribution in [2.45, 2.75) is 0 Å². The van der Waals surface area contributed by atoms with E-state index in [1.54, 1.807) is 7.05 Å². The first kappa shape index (κ1) is 12.0. The third-order valence-corrected chi connectivity index (χ3v) is 2.47. The van der Waals surface area contributed by atoms with Crippen molar-refractivity contribution in [3.05, 3.63) is 35.4 Å². The number of aromatic nitrogens is 2. The first-order valence-corrected chi connectivity index (χ1v) is 4.92. The van der Waals surface area contributed by atoms with Crippen LogP contribution in [0, 0.1) is 11.6 Å². The lowest BCUT2D eigenvalue weighted by molar-refractivity contribution is 0.0690. The molecule has 0 fully saturated rings. The number of nitrogens with two attached hydrogens (primary N) is 1. The van der Waals surface area contributed by atoms with Crippen LogP contribution in [0.4, 0.5) is 14.6 Å². The number of nitrogen functional groups attached to an aromatic ring is 1. The average molecular weight is 253 g/mol. The number of nitrogens with zero attached hydrogens (tertiary/aromatic N) is 2. The lowest BCUT2D eigenvalue weighted by Gasteiger charge is -2.02. The van der Waals surface area contributed by atoms with Crippen LogP contribution in [0.3, 0.4) is 0 Å². The number of aromatic carboxylic acids is 1. The minimum Gasteiger partial charge on any atom is -0.478 e. The molecule has 1 aromatic heterocycles. The Morgan fingerprint density at radius 3 is 2.56 bits per heavy atom. The minimum absolute atomic E-state index is 0.151. The number of hydrogen-bond acceptors (Lipinski definition) is 3. The predicted octanol–water partition coefficient (Wildman–Crippen LogP) is 1.65. The largest absolute Gasteiger partial charge is 0.478 e. The molecule has 2 rings (SSSR count). The number of carbonyl (C=O) groups is 1. The Morgan fingerprint density at radius 1 is 1.39 bits per heavy atom. The molecular formula is C11H9F2N3O2. The van der Waals surface area contributed by atoms with Gasteiger partial charge in [0.1, 0.15) is 5.82 Å². The molecule has 0 aliphatic rings. The lowest BCUT2D eigenvalue weighted by atomic mass is 10.1. The second kappa shape index (κ2) is 4.10. The third-order valence-electron chi connectivity index (χ3n) is 2.47. The molecule has 5 nitrogen and oxygen atoms in total. The number of rotatable bonds is 2. The number of benzene rings is 1. The van der Waals surface area contributed by atoms with Crippen LogP contribution in [-0.4, -0.2) is 20.9 Å². The molecule has 0 radical (unpaired) electrons. The number of carboxylic acids is 1. The van der Waals surface area contributed by atoms with Crippen molar-refractivity contribution in [1.82, 2.24) is 9.78 Å². The van der Waals surface area contributed by atoms with E-state index in [1.165, 1.54) is 10.7 Å². The van der Waals surface area contributed by atoms with E-state index in [1.807, 2.05) is 0 Å². The van der Waals surface area contributed by atoms with Gasteiger partial charge in [-0.15, -0.1) is 0 Å². The van der Waals surface area contributed by atoms with Crippen LogP contribution in [0.1, 0.15) is 10.4 Å². The van der Waals surface area contributed by atoms with Gasteiger partial charge in [-0.05, 0) is 12.1 Å². The Labute approximate surface area is 100 Å². The van der Waals surface area contributed by atoms with Gasteiger partial charge in [0.05, 0.1) is 11.3 Å². The number of carboxylic acid groups (broad SMARTS) is 1. The summed E-state index contributed by atoms with van der Waals surface area (Å²) in [4.78, 5) is 10.8. The van der Waals surface area contributed by atoms with Crippen molar-refractivity contribution in [3.63, 3.8) is 0 Å². The molecule has 0 saturated heterocycles. The Balaban J connectivity index is 2.62. The standard InChI is InChI=1S/C11H9F2N3O2/c1-16-9(14)4-8(15-16)5-2-6(11(17)18)10(13)7(12)3-5/h2-4H,14H2,1H3,(H,17,18). The van der Waals surface area contributed by atoms with Gasteiger partial charge in [0.2, 0.25) is 0 Å². The van der Waals surface area contributed by atoms with E-state index in [0.29, 0.717) is 5.82 Å². The second-order valence-corrected chi connectivity index (χ2v) is 3.70. The zero-order valence-corrected chi connectivity index (χ0v) is 9.32. The summed E-state index contributed by atoms with van der Waals surface area (Å²) in [7, 11) is 1.58. The topological polar surface area (TPSA) is 81.1 Å². The third kappa shape index (κ3) is 1.90. The number of aryl methyl sites for hydroxylation is 1. The van der Waals surface area contributed by atoms with E-state index < -0.39 is 23.2 Å². The van der Waals surface area contributed by atoms with Crippen molar-refractivity contribution in [2.75, 3.05) is 5.73 Å². The van der Waals surface area contributed by atoms with E-state index in [0.717, 1.165) is 12.1 Å². The summed E-state index contributed by atoms with van der Waals surface area (Å²) in [6, 6.07) is 3.34. The van der Waals surface area contributed by atoms with Crippen LogP contribution >= 0.6 is 0 Å². The average Bonchev–Trinajstić information content (AvgIpc) is 2.62. The van der Waals surface area contributed by atoms with E-state index in [4.69, 9.17) is 10.8 Å². The number of halogens is 2. The van der Waals surface area contributed by atoms with Gasteiger partial charge in [-0.3, -0.25) is 4.68 Å². The molecule has 0 bridgehead atoms. The van der Waals surface area contributed by atoms with Crippen molar-refractivity contribution < 1.29 is 18.7 Å². The molecular weight excluding hydrogens is 244 g/mol. The van der Waals surface area contributed by atoms with Crippen LogP contribution in [-0.2, 0) is 7.05 Å². The van der Waals surface area contributed by atoms with Crippen LogP contribution in [0.2, 0.25) is 0 Å². The molecule has 0 aliphatic heterocycles. The van der Waals surface area contributed by atoms with Crippen LogP contribution in [0.25, 0.3) is 11.3 Å². The van der Waals surface area contributed by atoms with Crippen LogP contribution in [0.15, 0.2) is 18.2 Å². The summed E-state index contributed by atoms with van der Waals surface area (Å²) in [5.74, 6) is -3.85. The first-order chi connectivity index (χ1) is 8.40. The zero-order valence-electron chi connectivity index (χ0n) is 9.32. The molecule has 2 aromatic rings. The SMILES string of the molecule is Cn1nc(-c2cc(F)c(F)c(C(=O)O)c2)cc1N. The van der Waals surface area contributed by atoms with Gasteiger partial charge in [0.25, 0.3) is 0 Å². The summed E-state index contributed by atoms with van der Waals surface area (Å²) < 4.78 is 27.9. The van der Waals surface area contributed by atoms with E-state index >= 15 is 0 Å². The molecule has 3 N–H and O–H groups in total. The Bertz CT molecular complexity index is 618. The quantitative estimate of drug-likeness (QED) is 0.852. The molecule has 94 valence electrons. The predicted molar refractivity (Wildman–Crippen MR) is 59.9 cm³/mol. The maximum atomic E-state index is 13.3. The second-order valence-electron chi connectivity index (χ2n) is 3.70. The molecule has 1 heterocycles. The fraction of sp³-hybridized carbons (Fsp3) is 0.0909. The molecule has 0 spiro atoms. The lowest BCUT2D eigenvalue weighted by Crippen LogP contribution is -2.03. The maximum Gasteiger partial charge on any atom is 0.338 e. The van der Waals surface area contributed by atoms with Gasteiger partial charge in [-0.1, -0.05) is 0 Å². The summed E-state index contributed by atoms with van der Waals surface area (Å²) in [6.07, 6.45) is 0. The van der Waals surface area contributed by atoms with E-state index in [9.17, 15) is 13.6 Å². The Morgan fingerprint density at radius 2 is 2.06 bits per heavy atom. The molecule has 0 aliphatic carbocycles. The van der Waals surface area contributed by atoms with Crippen molar-refractivity contribution in [2.24, 2.45) is 7.05 Å². The summed E-state index contributed by atoms with van der Waals surface area (Å²) in [6.45, 7) is 0. The summed E-state index contributed by atoms with van der Waals surface area (Å²) in [5.41, 5.74) is 5.24. The monoisotopic (exact) mass is 253 g/mol. The van der Waals surface area contributed by atoms with Gasteiger partial charge < -0.3 is 10.8 Å². The first-order valence-electron chi connectivity index (χ1n) is 4.92. The summed E-state index contributed by atoms with van der Waals surface area (Å²) in [5, 5.41) is 12.7. The smallest absolute Gasteiger partial charge is 0.338 e. The van der Waals surface area contributed by atoms with Crippen molar-refractivity contribution >= 4 is 11.8 Å². The highest BCUT2D eigenvalue weighted by Gasteiger charge is 2.18. The van der Waals surface area contributed by atoms with Crippen molar-refractivity contribution in [3.8, 4) is 11.3 Å². The highest BCUT2D eigenvalue weighted by molar-refractivity contribution is 5.89. The van der Waals surface area contributed by atoms with E-state index in [2.05, 4.69) is 5.10 Å². The highest BCUT2D eigenvalue weighted by Crippen LogP contribution is 2.24. The maximum absolute atomic E-state index is 13.3. The molecule has 7 heteroatoms. The molecule has 0 unspecified atom stereocenters. The minimum atomic E-state index is -1.54. The molecule has 0 saturated carbocycles. The van der Waals surface area contributed by atoms with Gasteiger partial charge >= 0.3 is 5.97 Å². The molecule has 18 heavy (non-hydrogen) atoms. The number of hydrogen-bond donors (Lipinski definition) is 2. The van der Waals surface area contributed by atoms with Gasteiger partial charge in [0, 0.05) is 18.7 Å². The van der Waals surface area contributed by atoms with Gasteiger partial charge in [-0.2, -0.15) is 5.10 Å². The normalized spacial score (nSPS) is 10.6. The van der Waals surface area contributed by atoms with E-state index in [-0.39, 0.29) is 11.3 Å². The molecule has 0 atom stereocenters. The zero-order chi connectivity index (χ0) is 13.4. The van der Waals surface area contributed by atoms with Crippen molar-refractivity contribution in [1.29, 1.82) is 0 Å². The number of anilines is 1. The highest BCUT2D eigenvalue weighted by atomic mass is 19.2. The summed E-state index contributed by atoms with van der Waals surface area (Å²) >= 11 is 0. The fourth-order valence-corrected chi connectivity index (χ4v) is 1.52. The van der Waals surface area contributed by atoms with Crippen LogP contribution < -0.4 is 5.73 Å². The van der Waals surface area contributed by atoms with Gasteiger partial charge in [-0.25, -0.2) is 13.6 Å². The molecule has 0 amide bonds.